The van der Waals surface area contributed by atoms with E-state index in [0.717, 1.165) is 22.6 Å². The van der Waals surface area contributed by atoms with Crippen molar-refractivity contribution in [2.45, 2.75) is 34.6 Å². The lowest BCUT2D eigenvalue weighted by molar-refractivity contribution is 0.833. The van der Waals surface area contributed by atoms with Crippen LogP contribution in [0.2, 0.25) is 0 Å². The fourth-order valence-electron chi connectivity index (χ4n) is 2.74. The molecule has 0 aliphatic carbocycles. The van der Waals surface area contributed by atoms with E-state index < -0.39 is 0 Å². The highest BCUT2D eigenvalue weighted by molar-refractivity contribution is 5.81. The van der Waals surface area contributed by atoms with Crippen molar-refractivity contribution >= 4 is 11.9 Å². The molecule has 0 radical (unpaired) electrons. The minimum Gasteiger partial charge on any atom is -0.295 e. The van der Waals surface area contributed by atoms with E-state index in [2.05, 4.69) is 36.4 Å². The topological polar surface area (TPSA) is 62.2 Å². The SMILES string of the molecule is Cc1ccc(N/N=C/c2c(C)[nH]n(-c3ccc(C)c(C)c3)c2=O)cc1C. The molecule has 0 aliphatic heterocycles. The van der Waals surface area contributed by atoms with Gasteiger partial charge in [0.25, 0.3) is 5.56 Å². The van der Waals surface area contributed by atoms with Crippen LogP contribution in [-0.2, 0) is 0 Å². The molecule has 0 aliphatic rings. The molecule has 0 fully saturated rings. The molecule has 2 N–H and O–H groups in total. The predicted octanol–water partition coefficient (Wildman–Crippen LogP) is 4.15. The third-order valence-electron chi connectivity index (χ3n) is 4.76. The third-order valence-corrected chi connectivity index (χ3v) is 4.76. The zero-order valence-corrected chi connectivity index (χ0v) is 15.8. The molecule has 0 spiro atoms. The van der Waals surface area contributed by atoms with E-state index in [0.29, 0.717) is 5.56 Å². The van der Waals surface area contributed by atoms with Gasteiger partial charge in [-0.05, 0) is 81.1 Å². The van der Waals surface area contributed by atoms with Crippen LogP contribution in [-0.4, -0.2) is 16.0 Å². The number of nitrogens with one attached hydrogen (secondary N) is 2. The summed E-state index contributed by atoms with van der Waals surface area (Å²) in [6.07, 6.45) is 1.57. The highest BCUT2D eigenvalue weighted by Crippen LogP contribution is 2.15. The second-order valence-electron chi connectivity index (χ2n) is 6.73. The number of hydrazone groups is 1. The zero-order valence-electron chi connectivity index (χ0n) is 15.8. The van der Waals surface area contributed by atoms with Gasteiger partial charge in [-0.15, -0.1) is 0 Å². The monoisotopic (exact) mass is 348 g/mol. The van der Waals surface area contributed by atoms with Gasteiger partial charge in [0.05, 0.1) is 23.2 Å². The molecule has 26 heavy (non-hydrogen) atoms. The Balaban J connectivity index is 1.87. The normalized spacial score (nSPS) is 11.3. The van der Waals surface area contributed by atoms with Crippen LogP contribution in [0.25, 0.3) is 5.69 Å². The molecule has 0 atom stereocenters. The Kier molecular flexibility index (Phi) is 4.80. The van der Waals surface area contributed by atoms with Gasteiger partial charge >= 0.3 is 0 Å². The van der Waals surface area contributed by atoms with Crippen molar-refractivity contribution in [3.63, 3.8) is 0 Å². The van der Waals surface area contributed by atoms with Crippen molar-refractivity contribution in [1.29, 1.82) is 0 Å². The fourth-order valence-corrected chi connectivity index (χ4v) is 2.74. The van der Waals surface area contributed by atoms with Crippen molar-refractivity contribution in [2.24, 2.45) is 5.10 Å². The van der Waals surface area contributed by atoms with Crippen LogP contribution >= 0.6 is 0 Å². The van der Waals surface area contributed by atoms with Crippen LogP contribution in [0, 0.1) is 34.6 Å². The van der Waals surface area contributed by atoms with Crippen LogP contribution in [0.3, 0.4) is 0 Å². The number of aryl methyl sites for hydroxylation is 5. The van der Waals surface area contributed by atoms with E-state index in [1.807, 2.05) is 50.2 Å². The van der Waals surface area contributed by atoms with Crippen LogP contribution < -0.4 is 11.0 Å². The molecule has 0 saturated heterocycles. The quantitative estimate of drug-likeness (QED) is 0.549. The van der Waals surface area contributed by atoms with Gasteiger partial charge in [0, 0.05) is 5.69 Å². The van der Waals surface area contributed by atoms with Crippen molar-refractivity contribution in [1.82, 2.24) is 9.78 Å². The number of rotatable bonds is 4. The molecule has 134 valence electrons. The molecule has 0 unspecified atom stereocenters. The standard InChI is InChI=1S/C21H24N4O/c1-13-6-8-18(10-15(13)3)23-22-12-20-17(5)24-25(21(20)26)19-9-7-14(2)16(4)11-19/h6-12,23-24H,1-5H3/b22-12+. The Morgan fingerprint density at radius 2 is 1.58 bits per heavy atom. The van der Waals surface area contributed by atoms with Crippen molar-refractivity contribution in [3.8, 4) is 5.69 Å². The summed E-state index contributed by atoms with van der Waals surface area (Å²) in [5, 5.41) is 7.36. The molecule has 5 nitrogen and oxygen atoms in total. The van der Waals surface area contributed by atoms with E-state index in [1.54, 1.807) is 10.9 Å². The third kappa shape index (κ3) is 3.47. The van der Waals surface area contributed by atoms with Gasteiger partial charge in [0.1, 0.15) is 0 Å². The smallest absolute Gasteiger partial charge is 0.280 e. The molecule has 0 bridgehead atoms. The van der Waals surface area contributed by atoms with E-state index in [1.165, 1.54) is 16.7 Å². The first-order valence-corrected chi connectivity index (χ1v) is 8.62. The number of hydrogen-bond acceptors (Lipinski definition) is 3. The zero-order chi connectivity index (χ0) is 18.8. The summed E-state index contributed by atoms with van der Waals surface area (Å²) in [6.45, 7) is 10.1. The lowest BCUT2D eigenvalue weighted by atomic mass is 10.1. The second-order valence-corrected chi connectivity index (χ2v) is 6.73. The highest BCUT2D eigenvalue weighted by Gasteiger charge is 2.11. The average molecular weight is 348 g/mol. The predicted molar refractivity (Wildman–Crippen MR) is 108 cm³/mol. The first-order chi connectivity index (χ1) is 12.4. The van der Waals surface area contributed by atoms with Gasteiger partial charge in [0.2, 0.25) is 0 Å². The van der Waals surface area contributed by atoms with E-state index in [-0.39, 0.29) is 5.56 Å². The number of hydrogen-bond donors (Lipinski definition) is 2. The first-order valence-electron chi connectivity index (χ1n) is 8.62. The first kappa shape index (κ1) is 17.7. The lowest BCUT2D eigenvalue weighted by Gasteiger charge is -2.05. The molecular formula is C21H24N4O. The van der Waals surface area contributed by atoms with Crippen LogP contribution in [0.4, 0.5) is 5.69 Å². The number of anilines is 1. The van der Waals surface area contributed by atoms with Crippen LogP contribution in [0.1, 0.15) is 33.5 Å². The van der Waals surface area contributed by atoms with E-state index in [4.69, 9.17) is 0 Å². The molecule has 2 aromatic carbocycles. The van der Waals surface area contributed by atoms with Crippen molar-refractivity contribution in [3.05, 3.63) is 80.3 Å². The highest BCUT2D eigenvalue weighted by atomic mass is 16.1. The molecule has 5 heteroatoms. The minimum absolute atomic E-state index is 0.114. The number of aromatic amines is 1. The van der Waals surface area contributed by atoms with Gasteiger partial charge in [0.15, 0.2) is 0 Å². The molecule has 0 saturated carbocycles. The number of benzene rings is 2. The molecule has 3 rings (SSSR count). The van der Waals surface area contributed by atoms with E-state index in [9.17, 15) is 4.79 Å². The Morgan fingerprint density at radius 1 is 0.923 bits per heavy atom. The largest absolute Gasteiger partial charge is 0.295 e. The van der Waals surface area contributed by atoms with Crippen molar-refractivity contribution < 1.29 is 0 Å². The van der Waals surface area contributed by atoms with Crippen LogP contribution in [0.15, 0.2) is 46.3 Å². The summed E-state index contributed by atoms with van der Waals surface area (Å²) in [5.74, 6) is 0. The summed E-state index contributed by atoms with van der Waals surface area (Å²) >= 11 is 0. The maximum Gasteiger partial charge on any atom is 0.280 e. The number of H-pyrrole nitrogens is 1. The molecule has 1 aromatic heterocycles. The molecule has 1 heterocycles. The average Bonchev–Trinajstić information content (AvgIpc) is 2.88. The van der Waals surface area contributed by atoms with Gasteiger partial charge in [-0.3, -0.25) is 15.3 Å². The van der Waals surface area contributed by atoms with Gasteiger partial charge < -0.3 is 0 Å². The Bertz CT molecular complexity index is 1040. The van der Waals surface area contributed by atoms with Crippen LogP contribution in [0.5, 0.6) is 0 Å². The Hall–Kier alpha value is -3.08. The fraction of sp³-hybridized carbons (Fsp3) is 0.238. The molecule has 3 aromatic rings. The van der Waals surface area contributed by atoms with Gasteiger partial charge in [-0.2, -0.15) is 5.10 Å². The van der Waals surface area contributed by atoms with E-state index >= 15 is 0 Å². The second kappa shape index (κ2) is 7.04. The minimum atomic E-state index is -0.114. The Morgan fingerprint density at radius 3 is 2.23 bits per heavy atom. The number of nitrogens with zero attached hydrogens (tertiary/aromatic N) is 2. The summed E-state index contributed by atoms with van der Waals surface area (Å²) < 4.78 is 1.55. The summed E-state index contributed by atoms with van der Waals surface area (Å²) in [6, 6.07) is 12.0. The molecule has 0 amide bonds. The summed E-state index contributed by atoms with van der Waals surface area (Å²) in [4.78, 5) is 12.7. The molecular weight excluding hydrogens is 324 g/mol. The Labute approximate surface area is 153 Å². The van der Waals surface area contributed by atoms with Gasteiger partial charge in [-0.1, -0.05) is 12.1 Å². The van der Waals surface area contributed by atoms with Gasteiger partial charge in [-0.25, -0.2) is 4.68 Å². The lowest BCUT2D eigenvalue weighted by Crippen LogP contribution is -2.17. The van der Waals surface area contributed by atoms with Crippen molar-refractivity contribution in [2.75, 3.05) is 5.43 Å². The maximum absolute atomic E-state index is 12.7. The summed E-state index contributed by atoms with van der Waals surface area (Å²) in [7, 11) is 0. The number of aromatic nitrogens is 2. The maximum atomic E-state index is 12.7. The summed E-state index contributed by atoms with van der Waals surface area (Å²) in [5.41, 5.74) is 10.7.